The molecule has 0 spiro atoms. The molecule has 0 radical (unpaired) electrons. The van der Waals surface area contributed by atoms with Crippen molar-refractivity contribution in [3.8, 4) is 0 Å². The van der Waals surface area contributed by atoms with Crippen molar-refractivity contribution >= 4 is 9.84 Å². The van der Waals surface area contributed by atoms with Gasteiger partial charge >= 0.3 is 0 Å². The molecule has 1 atom stereocenters. The van der Waals surface area contributed by atoms with Crippen LogP contribution in [0.2, 0.25) is 0 Å². The van der Waals surface area contributed by atoms with Gasteiger partial charge in [0.15, 0.2) is 9.84 Å². The zero-order valence-corrected chi connectivity index (χ0v) is 19.4. The van der Waals surface area contributed by atoms with Crippen LogP contribution < -0.4 is 0 Å². The highest BCUT2D eigenvalue weighted by Crippen LogP contribution is 2.17. The minimum absolute atomic E-state index is 0.0819. The van der Waals surface area contributed by atoms with E-state index in [2.05, 4.69) is 41.1 Å². The molecule has 3 aromatic carbocycles. The first-order valence-electron chi connectivity index (χ1n) is 10.6. The zero-order valence-electron chi connectivity index (χ0n) is 18.6. The van der Waals surface area contributed by atoms with Gasteiger partial charge < -0.3 is 4.90 Å². The van der Waals surface area contributed by atoms with Gasteiger partial charge in [-0.1, -0.05) is 78.4 Å². The van der Waals surface area contributed by atoms with Gasteiger partial charge in [0.05, 0.1) is 10.6 Å². The summed E-state index contributed by atoms with van der Waals surface area (Å²) in [5.74, 6) is 0.0819. The first-order valence-corrected chi connectivity index (χ1v) is 12.2. The van der Waals surface area contributed by atoms with E-state index in [1.165, 1.54) is 11.1 Å². The first-order chi connectivity index (χ1) is 14.8. The first kappa shape index (κ1) is 23.2. The molecule has 164 valence electrons. The summed E-state index contributed by atoms with van der Waals surface area (Å²) < 4.78 is 26.4. The van der Waals surface area contributed by atoms with Gasteiger partial charge in [-0.2, -0.15) is 0 Å². The summed E-state index contributed by atoms with van der Waals surface area (Å²) in [6.07, 6.45) is 0. The fourth-order valence-corrected chi connectivity index (χ4v) is 5.34. The van der Waals surface area contributed by atoms with Crippen LogP contribution in [-0.2, 0) is 22.9 Å². The van der Waals surface area contributed by atoms with Crippen LogP contribution in [0.1, 0.15) is 16.7 Å². The van der Waals surface area contributed by atoms with Crippen molar-refractivity contribution in [1.29, 1.82) is 0 Å². The number of likely N-dealkylation sites (N-methyl/N-ethyl adjacent to an activating group) is 2. The van der Waals surface area contributed by atoms with E-state index in [1.807, 2.05) is 62.5 Å². The summed E-state index contributed by atoms with van der Waals surface area (Å²) in [7, 11) is 0.663. The van der Waals surface area contributed by atoms with Crippen LogP contribution in [0.4, 0.5) is 0 Å². The summed E-state index contributed by atoms with van der Waals surface area (Å²) >= 11 is 0. The van der Waals surface area contributed by atoms with Gasteiger partial charge in [0.2, 0.25) is 0 Å². The van der Waals surface area contributed by atoms with Gasteiger partial charge in [0.25, 0.3) is 0 Å². The Hall–Kier alpha value is -2.47. The van der Waals surface area contributed by atoms with E-state index in [9.17, 15) is 8.42 Å². The molecule has 0 saturated heterocycles. The molecule has 0 bridgehead atoms. The number of rotatable bonds is 10. The molecule has 3 aromatic rings. The molecule has 0 unspecified atom stereocenters. The van der Waals surface area contributed by atoms with E-state index in [-0.39, 0.29) is 11.8 Å². The lowest BCUT2D eigenvalue weighted by Crippen LogP contribution is -2.44. The number of benzene rings is 3. The van der Waals surface area contributed by atoms with E-state index in [0.29, 0.717) is 18.0 Å². The molecule has 0 fully saturated rings. The van der Waals surface area contributed by atoms with Crippen molar-refractivity contribution in [2.75, 3.05) is 26.4 Å². The Bertz CT molecular complexity index is 1040. The molecule has 0 aliphatic heterocycles. The molecular formula is C26H32N2O2S. The molecule has 5 heteroatoms. The highest BCUT2D eigenvalue weighted by molar-refractivity contribution is 7.91. The fraction of sp³-hybridized carbons (Fsp3) is 0.308. The number of aryl methyl sites for hydroxylation is 1. The maximum atomic E-state index is 13.2. The van der Waals surface area contributed by atoms with Crippen molar-refractivity contribution in [2.24, 2.45) is 0 Å². The predicted molar refractivity (Wildman–Crippen MR) is 128 cm³/mol. The van der Waals surface area contributed by atoms with Crippen molar-refractivity contribution in [1.82, 2.24) is 9.80 Å². The predicted octanol–water partition coefficient (Wildman–Crippen LogP) is 4.40. The van der Waals surface area contributed by atoms with Crippen molar-refractivity contribution in [3.05, 3.63) is 102 Å². The Morgan fingerprint density at radius 3 is 1.81 bits per heavy atom. The molecule has 0 N–H and O–H groups in total. The van der Waals surface area contributed by atoms with Crippen LogP contribution in [0.5, 0.6) is 0 Å². The smallest absolute Gasteiger partial charge is 0.179 e. The highest BCUT2D eigenvalue weighted by Gasteiger charge is 2.26. The largest absolute Gasteiger partial charge is 0.301 e. The normalized spacial score (nSPS) is 12.9. The summed E-state index contributed by atoms with van der Waals surface area (Å²) in [6.45, 7) is 4.10. The SMILES string of the molecule is Cc1ccc(S(=O)(=O)C[C@H](CN(C)Cc2ccccc2)N(C)Cc2ccccc2)cc1. The molecule has 0 aromatic heterocycles. The molecule has 31 heavy (non-hydrogen) atoms. The van der Waals surface area contributed by atoms with Gasteiger partial charge in [-0.05, 0) is 44.3 Å². The quantitative estimate of drug-likeness (QED) is 0.472. The van der Waals surface area contributed by atoms with Crippen LogP contribution in [0, 0.1) is 6.92 Å². The standard InChI is InChI=1S/C26H32N2O2S/c1-22-14-16-26(17-15-22)31(29,30)21-25(28(3)19-24-12-8-5-9-13-24)20-27(2)18-23-10-6-4-7-11-23/h4-17,25H,18-21H2,1-3H3/t25-/m0/s1. The van der Waals surface area contributed by atoms with E-state index in [1.54, 1.807) is 12.1 Å². The van der Waals surface area contributed by atoms with Crippen LogP contribution in [0.3, 0.4) is 0 Å². The third kappa shape index (κ3) is 7.03. The second-order valence-corrected chi connectivity index (χ2v) is 10.4. The zero-order chi connectivity index (χ0) is 22.3. The minimum atomic E-state index is -3.40. The Morgan fingerprint density at radius 1 is 0.742 bits per heavy atom. The Labute approximate surface area is 187 Å². The molecule has 0 heterocycles. The minimum Gasteiger partial charge on any atom is -0.301 e. The summed E-state index contributed by atoms with van der Waals surface area (Å²) in [5, 5.41) is 0. The topological polar surface area (TPSA) is 40.6 Å². The monoisotopic (exact) mass is 436 g/mol. The molecule has 0 amide bonds. The van der Waals surface area contributed by atoms with E-state index >= 15 is 0 Å². The third-order valence-corrected chi connectivity index (χ3v) is 7.32. The molecule has 0 saturated carbocycles. The van der Waals surface area contributed by atoms with Crippen LogP contribution in [0.25, 0.3) is 0 Å². The second kappa shape index (κ2) is 10.7. The van der Waals surface area contributed by atoms with Gasteiger partial charge in [-0.15, -0.1) is 0 Å². The molecule has 0 aliphatic carbocycles. The third-order valence-electron chi connectivity index (χ3n) is 5.51. The van der Waals surface area contributed by atoms with E-state index in [4.69, 9.17) is 0 Å². The highest BCUT2D eigenvalue weighted by atomic mass is 32.2. The maximum Gasteiger partial charge on any atom is 0.179 e. The lowest BCUT2D eigenvalue weighted by atomic mass is 10.1. The maximum absolute atomic E-state index is 13.2. The summed E-state index contributed by atoms with van der Waals surface area (Å²) in [5.41, 5.74) is 3.45. The molecular weight excluding hydrogens is 404 g/mol. The van der Waals surface area contributed by atoms with Crippen LogP contribution >= 0.6 is 0 Å². The number of hydrogen-bond donors (Lipinski definition) is 0. The van der Waals surface area contributed by atoms with Crippen molar-refractivity contribution < 1.29 is 8.42 Å². The lowest BCUT2D eigenvalue weighted by Gasteiger charge is -2.31. The van der Waals surface area contributed by atoms with Crippen molar-refractivity contribution in [3.63, 3.8) is 0 Å². The van der Waals surface area contributed by atoms with Gasteiger partial charge in [0, 0.05) is 25.7 Å². The van der Waals surface area contributed by atoms with Gasteiger partial charge in [0.1, 0.15) is 0 Å². The van der Waals surface area contributed by atoms with Crippen LogP contribution in [-0.4, -0.2) is 50.7 Å². The van der Waals surface area contributed by atoms with E-state index < -0.39 is 9.84 Å². The van der Waals surface area contributed by atoms with Gasteiger partial charge in [-0.3, -0.25) is 4.90 Å². The molecule has 4 nitrogen and oxygen atoms in total. The Morgan fingerprint density at radius 2 is 1.26 bits per heavy atom. The summed E-state index contributed by atoms with van der Waals surface area (Å²) in [4.78, 5) is 4.75. The Balaban J connectivity index is 1.78. The average Bonchev–Trinajstić information content (AvgIpc) is 2.75. The number of nitrogens with zero attached hydrogens (tertiary/aromatic N) is 2. The van der Waals surface area contributed by atoms with Crippen LogP contribution in [0.15, 0.2) is 89.8 Å². The Kier molecular flexibility index (Phi) is 8.02. The summed E-state index contributed by atoms with van der Waals surface area (Å²) in [6, 6.07) is 27.5. The second-order valence-electron chi connectivity index (χ2n) is 8.33. The van der Waals surface area contributed by atoms with Crippen molar-refractivity contribution in [2.45, 2.75) is 31.0 Å². The fourth-order valence-electron chi connectivity index (χ4n) is 3.73. The van der Waals surface area contributed by atoms with Gasteiger partial charge in [-0.25, -0.2) is 8.42 Å². The lowest BCUT2D eigenvalue weighted by molar-refractivity contribution is 0.184. The average molecular weight is 437 g/mol. The molecule has 0 aliphatic rings. The van der Waals surface area contributed by atoms with E-state index in [0.717, 1.165) is 12.1 Å². The number of hydrogen-bond acceptors (Lipinski definition) is 4. The molecule has 3 rings (SSSR count). The number of sulfone groups is 1.